The molecule has 1 aromatic heterocycles. The molecule has 0 unspecified atom stereocenters. The highest BCUT2D eigenvalue weighted by Gasteiger charge is 2.37. The first-order valence-electron chi connectivity index (χ1n) is 3.85. The van der Waals surface area contributed by atoms with E-state index in [-0.39, 0.29) is 12.4 Å². The van der Waals surface area contributed by atoms with Gasteiger partial charge in [-0.2, -0.15) is 13.2 Å². The van der Waals surface area contributed by atoms with Crippen molar-refractivity contribution in [1.82, 2.24) is 4.98 Å². The lowest BCUT2D eigenvalue weighted by Gasteiger charge is -2.09. The molecule has 0 aliphatic carbocycles. The maximum absolute atomic E-state index is 12.3. The van der Waals surface area contributed by atoms with Crippen LogP contribution in [0.5, 0.6) is 0 Å². The predicted octanol–water partition coefficient (Wildman–Crippen LogP) is 2.14. The third-order valence-electron chi connectivity index (χ3n) is 1.72. The number of nitrogens with one attached hydrogen (secondary N) is 1. The third-order valence-corrected chi connectivity index (χ3v) is 1.72. The largest absolute Gasteiger partial charge is 0.422 e. The average molecular weight is 241 g/mol. The van der Waals surface area contributed by atoms with Gasteiger partial charge in [-0.3, -0.25) is 9.59 Å². The van der Waals surface area contributed by atoms with Crippen molar-refractivity contribution in [3.63, 3.8) is 0 Å². The van der Waals surface area contributed by atoms with Crippen molar-refractivity contribution in [2.75, 3.05) is 0 Å². The number of aromatic amines is 1. The number of carbonyl (C=O) groups excluding carboxylic acids is 1. The van der Waals surface area contributed by atoms with Gasteiger partial charge in [-0.25, -0.2) is 8.78 Å². The molecule has 0 atom stereocenters. The van der Waals surface area contributed by atoms with Crippen LogP contribution in [-0.2, 0) is 6.18 Å². The Morgan fingerprint density at radius 3 is 2.25 bits per heavy atom. The van der Waals surface area contributed by atoms with Gasteiger partial charge in [0.1, 0.15) is 5.56 Å². The SMILES string of the molecule is O=Cc1[nH]c(C(F)F)cc(=O)c1C(F)(F)F. The van der Waals surface area contributed by atoms with E-state index in [0.717, 1.165) is 0 Å². The van der Waals surface area contributed by atoms with Crippen LogP contribution in [0, 0.1) is 0 Å². The molecule has 1 N–H and O–H groups in total. The van der Waals surface area contributed by atoms with Gasteiger partial charge < -0.3 is 4.98 Å². The molecule has 0 saturated carbocycles. The molecule has 0 fully saturated rings. The Labute approximate surface area is 84.9 Å². The van der Waals surface area contributed by atoms with Crippen LogP contribution in [0.1, 0.15) is 28.2 Å². The van der Waals surface area contributed by atoms with Crippen molar-refractivity contribution in [3.05, 3.63) is 33.2 Å². The van der Waals surface area contributed by atoms with Gasteiger partial charge in [-0.15, -0.1) is 0 Å². The second kappa shape index (κ2) is 4.03. The summed E-state index contributed by atoms with van der Waals surface area (Å²) in [5.74, 6) is 0. The van der Waals surface area contributed by atoms with E-state index in [4.69, 9.17) is 0 Å². The zero-order chi connectivity index (χ0) is 12.5. The molecule has 0 amide bonds. The van der Waals surface area contributed by atoms with Crippen LogP contribution in [0.15, 0.2) is 10.9 Å². The number of pyridine rings is 1. The van der Waals surface area contributed by atoms with E-state index in [0.29, 0.717) is 0 Å². The summed E-state index contributed by atoms with van der Waals surface area (Å²) in [5.41, 5.74) is -5.66. The average Bonchev–Trinajstić information content (AvgIpc) is 2.14. The highest BCUT2D eigenvalue weighted by molar-refractivity contribution is 5.74. The fraction of sp³-hybridized carbons (Fsp3) is 0.250. The Bertz CT molecular complexity index is 462. The van der Waals surface area contributed by atoms with E-state index in [2.05, 4.69) is 0 Å². The molecule has 0 spiro atoms. The van der Waals surface area contributed by atoms with E-state index < -0.39 is 35.0 Å². The van der Waals surface area contributed by atoms with E-state index >= 15 is 0 Å². The number of hydrogen-bond donors (Lipinski definition) is 1. The van der Waals surface area contributed by atoms with Crippen molar-refractivity contribution >= 4 is 6.29 Å². The number of carbonyl (C=O) groups is 1. The summed E-state index contributed by atoms with van der Waals surface area (Å²) in [7, 11) is 0. The van der Waals surface area contributed by atoms with Crippen LogP contribution < -0.4 is 5.43 Å². The Morgan fingerprint density at radius 1 is 1.31 bits per heavy atom. The quantitative estimate of drug-likeness (QED) is 0.637. The predicted molar refractivity (Wildman–Crippen MR) is 42.4 cm³/mol. The number of H-pyrrole nitrogens is 1. The maximum atomic E-state index is 12.3. The summed E-state index contributed by atoms with van der Waals surface area (Å²) in [6.45, 7) is 0. The summed E-state index contributed by atoms with van der Waals surface area (Å²) in [5, 5.41) is 0. The molecule has 1 rings (SSSR count). The molecule has 0 radical (unpaired) electrons. The lowest BCUT2D eigenvalue weighted by Crippen LogP contribution is -2.23. The number of aldehydes is 1. The van der Waals surface area contributed by atoms with Crippen LogP contribution in [-0.4, -0.2) is 11.3 Å². The Kier molecular flexibility index (Phi) is 3.11. The molecule has 3 nitrogen and oxygen atoms in total. The van der Waals surface area contributed by atoms with Crippen molar-refractivity contribution in [1.29, 1.82) is 0 Å². The van der Waals surface area contributed by atoms with E-state index in [1.807, 2.05) is 0 Å². The molecule has 0 aliphatic rings. The standard InChI is InChI=1S/C8H4F5NO2/c9-7(10)3-1-5(16)6(8(11,12)13)4(2-15)14-3/h1-2,7H,(H,14,16). The Hall–Kier alpha value is -1.73. The maximum Gasteiger partial charge on any atom is 0.422 e. The van der Waals surface area contributed by atoms with Crippen molar-refractivity contribution in [2.24, 2.45) is 0 Å². The van der Waals surface area contributed by atoms with E-state index in [1.165, 1.54) is 0 Å². The van der Waals surface area contributed by atoms with E-state index in [1.54, 1.807) is 4.98 Å². The molecule has 0 aromatic carbocycles. The molecule has 8 heteroatoms. The van der Waals surface area contributed by atoms with Gasteiger partial charge in [-0.1, -0.05) is 0 Å². The molecule has 0 saturated heterocycles. The number of alkyl halides is 5. The number of aromatic nitrogens is 1. The van der Waals surface area contributed by atoms with Crippen LogP contribution in [0.4, 0.5) is 22.0 Å². The lowest BCUT2D eigenvalue weighted by molar-refractivity contribution is -0.139. The first-order chi connectivity index (χ1) is 7.27. The summed E-state index contributed by atoms with van der Waals surface area (Å²) >= 11 is 0. The molecular formula is C8H4F5NO2. The van der Waals surface area contributed by atoms with Gasteiger partial charge in [-0.05, 0) is 0 Å². The normalized spacial score (nSPS) is 11.9. The summed E-state index contributed by atoms with van der Waals surface area (Å²) in [6, 6.07) is 0.125. The fourth-order valence-corrected chi connectivity index (χ4v) is 1.10. The second-order valence-corrected chi connectivity index (χ2v) is 2.79. The number of hydrogen-bond acceptors (Lipinski definition) is 2. The highest BCUT2D eigenvalue weighted by Crippen LogP contribution is 2.29. The molecule has 1 heterocycles. The number of rotatable bonds is 2. The monoisotopic (exact) mass is 241 g/mol. The summed E-state index contributed by atoms with van der Waals surface area (Å²) in [6.07, 6.45) is -8.55. The van der Waals surface area contributed by atoms with Crippen LogP contribution in [0.3, 0.4) is 0 Å². The molecule has 0 bridgehead atoms. The lowest BCUT2D eigenvalue weighted by atomic mass is 10.1. The molecule has 1 aromatic rings. The molecule has 88 valence electrons. The van der Waals surface area contributed by atoms with Crippen molar-refractivity contribution in [3.8, 4) is 0 Å². The second-order valence-electron chi connectivity index (χ2n) is 2.79. The van der Waals surface area contributed by atoms with Gasteiger partial charge in [0, 0.05) is 6.07 Å². The highest BCUT2D eigenvalue weighted by atomic mass is 19.4. The minimum absolute atomic E-state index is 0.125. The molecular weight excluding hydrogens is 237 g/mol. The summed E-state index contributed by atoms with van der Waals surface area (Å²) in [4.78, 5) is 22.8. The minimum atomic E-state index is -5.07. The van der Waals surface area contributed by atoms with Gasteiger partial charge in [0.25, 0.3) is 6.43 Å². The first kappa shape index (κ1) is 12.3. The van der Waals surface area contributed by atoms with Crippen molar-refractivity contribution in [2.45, 2.75) is 12.6 Å². The van der Waals surface area contributed by atoms with E-state index in [9.17, 15) is 31.5 Å². The van der Waals surface area contributed by atoms with Crippen LogP contribution >= 0.6 is 0 Å². The van der Waals surface area contributed by atoms with Gasteiger partial charge in [0.15, 0.2) is 11.7 Å². The number of halogens is 5. The van der Waals surface area contributed by atoms with Crippen LogP contribution in [0.2, 0.25) is 0 Å². The zero-order valence-corrected chi connectivity index (χ0v) is 7.44. The topological polar surface area (TPSA) is 49.9 Å². The fourth-order valence-electron chi connectivity index (χ4n) is 1.10. The molecule has 0 aliphatic heterocycles. The van der Waals surface area contributed by atoms with Crippen molar-refractivity contribution < 1.29 is 26.7 Å². The summed E-state index contributed by atoms with van der Waals surface area (Å²) < 4.78 is 61.0. The van der Waals surface area contributed by atoms with Crippen LogP contribution in [0.25, 0.3) is 0 Å². The molecule has 16 heavy (non-hydrogen) atoms. The first-order valence-corrected chi connectivity index (χ1v) is 3.85. The Morgan fingerprint density at radius 2 is 1.88 bits per heavy atom. The van der Waals surface area contributed by atoms with Gasteiger partial charge in [0.2, 0.25) is 0 Å². The smallest absolute Gasteiger partial charge is 0.351 e. The minimum Gasteiger partial charge on any atom is -0.351 e. The zero-order valence-electron chi connectivity index (χ0n) is 7.44. The van der Waals surface area contributed by atoms with Gasteiger partial charge in [0.05, 0.1) is 11.4 Å². The van der Waals surface area contributed by atoms with Gasteiger partial charge >= 0.3 is 6.18 Å². The Balaban J connectivity index is 3.53. The third kappa shape index (κ3) is 2.26.